The number of rotatable bonds is 2. The lowest BCUT2D eigenvalue weighted by Crippen LogP contribution is -2.31. The number of halogens is 1. The summed E-state index contributed by atoms with van der Waals surface area (Å²) in [4.78, 5) is 11.8. The highest BCUT2D eigenvalue weighted by Gasteiger charge is 2.44. The number of fused-ring (bicyclic) bond motifs is 5. The second-order valence-corrected chi connectivity index (χ2v) is 7.29. The minimum atomic E-state index is -0.943. The average molecular weight is 359 g/mol. The van der Waals surface area contributed by atoms with Crippen molar-refractivity contribution in [3.8, 4) is 0 Å². The Morgan fingerprint density at radius 2 is 1.70 bits per heavy atom. The third-order valence-electron chi connectivity index (χ3n) is 5.89. The summed E-state index contributed by atoms with van der Waals surface area (Å²) in [6, 6.07) is 20.3. The van der Waals surface area contributed by atoms with E-state index < -0.39 is 5.97 Å². The highest BCUT2D eigenvalue weighted by atomic mass is 19.1. The smallest absolute Gasteiger partial charge is 0.337 e. The highest BCUT2D eigenvalue weighted by Crippen LogP contribution is 2.54. The summed E-state index contributed by atoms with van der Waals surface area (Å²) in [6.45, 7) is 0. The number of carboxylic acids is 1. The van der Waals surface area contributed by atoms with E-state index in [0.717, 1.165) is 17.5 Å². The van der Waals surface area contributed by atoms with Gasteiger partial charge in [0.15, 0.2) is 0 Å². The Balaban J connectivity index is 1.72. The van der Waals surface area contributed by atoms with E-state index in [-0.39, 0.29) is 29.3 Å². The fourth-order valence-electron chi connectivity index (χ4n) is 4.77. The van der Waals surface area contributed by atoms with Gasteiger partial charge >= 0.3 is 5.97 Å². The zero-order chi connectivity index (χ0) is 18.5. The van der Waals surface area contributed by atoms with Gasteiger partial charge in [-0.3, -0.25) is 0 Å². The van der Waals surface area contributed by atoms with Gasteiger partial charge in [-0.1, -0.05) is 48.5 Å². The Labute approximate surface area is 156 Å². The quantitative estimate of drug-likeness (QED) is 0.677. The number of nitrogens with one attached hydrogen (secondary N) is 1. The van der Waals surface area contributed by atoms with E-state index in [9.17, 15) is 14.3 Å². The van der Waals surface area contributed by atoms with Crippen LogP contribution in [0.2, 0.25) is 0 Å². The van der Waals surface area contributed by atoms with Gasteiger partial charge in [-0.05, 0) is 52.8 Å². The van der Waals surface area contributed by atoms with Crippen LogP contribution in [-0.4, -0.2) is 11.1 Å². The molecule has 3 atom stereocenters. The molecule has 0 saturated carbocycles. The molecule has 1 aliphatic heterocycles. The van der Waals surface area contributed by atoms with Gasteiger partial charge < -0.3 is 10.4 Å². The Morgan fingerprint density at radius 3 is 2.48 bits per heavy atom. The number of anilines is 1. The average Bonchev–Trinajstić information content (AvgIpc) is 3.07. The first-order chi connectivity index (χ1) is 13.1. The van der Waals surface area contributed by atoms with E-state index in [1.54, 1.807) is 18.2 Å². The molecule has 134 valence electrons. The van der Waals surface area contributed by atoms with Crippen molar-refractivity contribution < 1.29 is 14.3 Å². The van der Waals surface area contributed by atoms with Crippen LogP contribution in [0.4, 0.5) is 10.1 Å². The number of aromatic carboxylic acids is 1. The summed E-state index contributed by atoms with van der Waals surface area (Å²) in [5, 5.41) is 13.2. The van der Waals surface area contributed by atoms with E-state index >= 15 is 0 Å². The molecule has 0 fully saturated rings. The van der Waals surface area contributed by atoms with E-state index in [4.69, 9.17) is 0 Å². The van der Waals surface area contributed by atoms with E-state index in [2.05, 4.69) is 17.4 Å². The number of hydrogen-bond acceptors (Lipinski definition) is 2. The van der Waals surface area contributed by atoms with Gasteiger partial charge in [-0.15, -0.1) is 0 Å². The Kier molecular flexibility index (Phi) is 3.54. The minimum absolute atomic E-state index is 0.0731. The Morgan fingerprint density at radius 1 is 0.963 bits per heavy atom. The normalized spacial score (nSPS) is 22.3. The second-order valence-electron chi connectivity index (χ2n) is 7.29. The monoisotopic (exact) mass is 359 g/mol. The largest absolute Gasteiger partial charge is 0.478 e. The summed E-state index contributed by atoms with van der Waals surface area (Å²) in [7, 11) is 0. The van der Waals surface area contributed by atoms with Crippen LogP contribution in [0.5, 0.6) is 0 Å². The third kappa shape index (κ3) is 2.44. The fourth-order valence-corrected chi connectivity index (χ4v) is 4.77. The number of benzene rings is 3. The first-order valence-corrected chi connectivity index (χ1v) is 9.09. The van der Waals surface area contributed by atoms with Crippen molar-refractivity contribution in [1.29, 1.82) is 0 Å². The van der Waals surface area contributed by atoms with Crippen LogP contribution in [0, 0.1) is 11.7 Å². The maximum Gasteiger partial charge on any atom is 0.337 e. The van der Waals surface area contributed by atoms with Crippen molar-refractivity contribution in [3.05, 3.63) is 100 Å². The molecule has 2 N–H and O–H groups in total. The van der Waals surface area contributed by atoms with Crippen molar-refractivity contribution in [3.63, 3.8) is 0 Å². The van der Waals surface area contributed by atoms with Gasteiger partial charge in [0.25, 0.3) is 0 Å². The molecule has 0 spiro atoms. The van der Waals surface area contributed by atoms with Crippen LogP contribution in [-0.2, 0) is 6.42 Å². The number of carboxylic acid groups (broad SMARTS) is 1. The lowest BCUT2D eigenvalue weighted by Gasteiger charge is -2.38. The lowest BCUT2D eigenvalue weighted by molar-refractivity contribution is 0.0697. The maximum atomic E-state index is 13.4. The molecule has 0 bridgehead atoms. The topological polar surface area (TPSA) is 49.3 Å². The minimum Gasteiger partial charge on any atom is -0.478 e. The molecule has 1 heterocycles. The molecule has 0 amide bonds. The van der Waals surface area contributed by atoms with Crippen LogP contribution in [0.3, 0.4) is 0 Å². The summed E-state index contributed by atoms with van der Waals surface area (Å²) < 4.78 is 13.4. The van der Waals surface area contributed by atoms with Crippen molar-refractivity contribution >= 4 is 11.7 Å². The maximum absolute atomic E-state index is 13.4. The summed E-state index contributed by atoms with van der Waals surface area (Å²) in [5.41, 5.74) is 5.53. The van der Waals surface area contributed by atoms with Crippen molar-refractivity contribution in [1.82, 2.24) is 0 Å². The molecule has 3 nitrogen and oxygen atoms in total. The van der Waals surface area contributed by atoms with Gasteiger partial charge in [0, 0.05) is 5.92 Å². The van der Waals surface area contributed by atoms with Crippen LogP contribution in [0.25, 0.3) is 0 Å². The predicted octanol–water partition coefficient (Wildman–Crippen LogP) is 4.99. The van der Waals surface area contributed by atoms with Gasteiger partial charge in [0.2, 0.25) is 0 Å². The molecule has 4 heteroatoms. The van der Waals surface area contributed by atoms with Crippen molar-refractivity contribution in [2.45, 2.75) is 18.4 Å². The van der Waals surface area contributed by atoms with E-state index in [0.29, 0.717) is 5.69 Å². The van der Waals surface area contributed by atoms with Crippen molar-refractivity contribution in [2.75, 3.05) is 5.32 Å². The summed E-state index contributed by atoms with van der Waals surface area (Å²) in [5.74, 6) is -0.828. The molecule has 0 unspecified atom stereocenters. The zero-order valence-corrected chi connectivity index (χ0v) is 14.5. The molecule has 0 radical (unpaired) electrons. The van der Waals surface area contributed by atoms with Gasteiger partial charge in [0.05, 0.1) is 17.3 Å². The standard InChI is InChI=1S/C23H18FNO2/c24-15-10-8-13(9-11-15)21-19-12-14-4-1-2-5-16(14)20(19)17-6-3-7-18(23(26)27)22(17)25-21/h1-11,19-21,25H,12H2,(H,26,27)/t19-,20+,21+/m0/s1. The summed E-state index contributed by atoms with van der Waals surface area (Å²) >= 11 is 0. The van der Waals surface area contributed by atoms with Gasteiger partial charge in [0.1, 0.15) is 5.82 Å². The molecule has 3 aromatic rings. The highest BCUT2D eigenvalue weighted by molar-refractivity contribution is 5.96. The lowest BCUT2D eigenvalue weighted by atomic mass is 9.75. The molecular formula is C23H18FNO2. The van der Waals surface area contributed by atoms with Crippen LogP contribution < -0.4 is 5.32 Å². The molecule has 27 heavy (non-hydrogen) atoms. The van der Waals surface area contributed by atoms with Crippen LogP contribution in [0.1, 0.15) is 44.6 Å². The van der Waals surface area contributed by atoms with Gasteiger partial charge in [-0.25, -0.2) is 9.18 Å². The molecule has 0 aromatic heterocycles. The third-order valence-corrected chi connectivity index (χ3v) is 5.89. The van der Waals surface area contributed by atoms with Crippen LogP contribution >= 0.6 is 0 Å². The molecule has 1 aliphatic carbocycles. The SMILES string of the molecule is O=C(O)c1cccc2c1N[C@H](c1ccc(F)cc1)[C@H]1Cc3ccccc3[C@H]21. The zero-order valence-electron chi connectivity index (χ0n) is 14.5. The second kappa shape index (κ2) is 5.95. The summed E-state index contributed by atoms with van der Waals surface area (Å²) in [6.07, 6.45) is 0.909. The van der Waals surface area contributed by atoms with Gasteiger partial charge in [-0.2, -0.15) is 0 Å². The first kappa shape index (κ1) is 16.1. The Hall–Kier alpha value is -3.14. The molecule has 3 aromatic carbocycles. The van der Waals surface area contributed by atoms with E-state index in [1.807, 2.05) is 24.3 Å². The van der Waals surface area contributed by atoms with E-state index in [1.165, 1.54) is 23.3 Å². The molecular weight excluding hydrogens is 341 g/mol. The number of hydrogen-bond donors (Lipinski definition) is 2. The van der Waals surface area contributed by atoms with Crippen molar-refractivity contribution in [2.24, 2.45) is 5.92 Å². The molecule has 2 aliphatic rings. The predicted molar refractivity (Wildman–Crippen MR) is 102 cm³/mol. The number of para-hydroxylation sites is 1. The molecule has 5 rings (SSSR count). The fraction of sp³-hybridized carbons (Fsp3) is 0.174. The first-order valence-electron chi connectivity index (χ1n) is 9.09. The Bertz CT molecular complexity index is 1040. The van der Waals surface area contributed by atoms with Crippen LogP contribution in [0.15, 0.2) is 66.7 Å². The molecule has 0 saturated heterocycles. The number of carbonyl (C=O) groups is 1.